The lowest BCUT2D eigenvalue weighted by Gasteiger charge is -2.17. The topological polar surface area (TPSA) is 70.7 Å². The molecule has 148 valence electrons. The molecule has 2 aromatic rings. The van der Waals surface area contributed by atoms with Gasteiger partial charge in [0.05, 0.1) is 5.56 Å². The Morgan fingerprint density at radius 1 is 1.36 bits per heavy atom. The number of hydrogen-bond donors (Lipinski definition) is 1. The maximum absolute atomic E-state index is 13.2. The van der Waals surface area contributed by atoms with Crippen LogP contribution in [0, 0.1) is 17.2 Å². The highest BCUT2D eigenvalue weighted by Gasteiger charge is 2.40. The molecule has 0 saturated carbocycles. The SMILES string of the molecule is C[C@@H]1CCc2c(sc(NC(=O)Cn3nc(C(F)(F)F)c4c3CCC4)c2C#N)C1. The molecule has 5 nitrogen and oxygen atoms in total. The molecule has 0 fully saturated rings. The van der Waals surface area contributed by atoms with E-state index in [1.165, 1.54) is 16.0 Å². The first-order valence-electron chi connectivity index (χ1n) is 9.28. The lowest BCUT2D eigenvalue weighted by Crippen LogP contribution is -2.21. The van der Waals surface area contributed by atoms with Gasteiger partial charge in [0.25, 0.3) is 0 Å². The molecule has 0 unspecified atom stereocenters. The Labute approximate surface area is 164 Å². The fraction of sp³-hybridized carbons (Fsp3) is 0.526. The number of hydrogen-bond acceptors (Lipinski definition) is 4. The van der Waals surface area contributed by atoms with Crippen LogP contribution in [0.5, 0.6) is 0 Å². The molecule has 2 aliphatic carbocycles. The van der Waals surface area contributed by atoms with Crippen molar-refractivity contribution in [1.82, 2.24) is 9.78 Å². The van der Waals surface area contributed by atoms with Gasteiger partial charge in [-0.25, -0.2) is 0 Å². The van der Waals surface area contributed by atoms with Gasteiger partial charge in [-0.1, -0.05) is 6.92 Å². The average Bonchev–Trinajstić information content (AvgIpc) is 3.28. The molecule has 0 aromatic carbocycles. The third kappa shape index (κ3) is 3.30. The van der Waals surface area contributed by atoms with Crippen molar-refractivity contribution in [2.45, 2.75) is 58.2 Å². The highest BCUT2D eigenvalue weighted by Crippen LogP contribution is 2.39. The first-order chi connectivity index (χ1) is 13.3. The number of aromatic nitrogens is 2. The number of nitrogens with zero attached hydrogens (tertiary/aromatic N) is 3. The van der Waals surface area contributed by atoms with Gasteiger partial charge < -0.3 is 5.32 Å². The van der Waals surface area contributed by atoms with Gasteiger partial charge in [0.1, 0.15) is 17.6 Å². The van der Waals surface area contributed by atoms with E-state index in [0.717, 1.165) is 29.7 Å². The second-order valence-electron chi connectivity index (χ2n) is 7.50. The predicted molar refractivity (Wildman–Crippen MR) is 98.1 cm³/mol. The minimum atomic E-state index is -4.52. The number of rotatable bonds is 3. The van der Waals surface area contributed by atoms with E-state index in [0.29, 0.717) is 41.4 Å². The number of alkyl halides is 3. The summed E-state index contributed by atoms with van der Waals surface area (Å²) in [6, 6.07) is 2.18. The molecule has 0 radical (unpaired) electrons. The van der Waals surface area contributed by atoms with Crippen molar-refractivity contribution in [2.75, 3.05) is 5.32 Å². The maximum atomic E-state index is 13.2. The zero-order valence-corrected chi connectivity index (χ0v) is 16.1. The Hall–Kier alpha value is -2.34. The first kappa shape index (κ1) is 19.0. The fourth-order valence-corrected chi connectivity index (χ4v) is 5.50. The molecule has 2 aromatic heterocycles. The van der Waals surface area contributed by atoms with Gasteiger partial charge in [-0.05, 0) is 50.0 Å². The van der Waals surface area contributed by atoms with Gasteiger partial charge in [-0.3, -0.25) is 9.48 Å². The average molecular weight is 408 g/mol. The third-order valence-corrected chi connectivity index (χ3v) is 6.61. The number of fused-ring (bicyclic) bond motifs is 2. The van der Waals surface area contributed by atoms with Gasteiger partial charge in [0, 0.05) is 16.1 Å². The van der Waals surface area contributed by atoms with Gasteiger partial charge in [-0.2, -0.15) is 23.5 Å². The van der Waals surface area contributed by atoms with E-state index >= 15 is 0 Å². The van der Waals surface area contributed by atoms with Gasteiger partial charge in [0.15, 0.2) is 5.69 Å². The van der Waals surface area contributed by atoms with Crippen LogP contribution in [-0.4, -0.2) is 15.7 Å². The molecule has 2 heterocycles. The summed E-state index contributed by atoms with van der Waals surface area (Å²) >= 11 is 1.40. The fourth-order valence-electron chi connectivity index (χ4n) is 4.13. The summed E-state index contributed by atoms with van der Waals surface area (Å²) in [6.45, 7) is 1.87. The van der Waals surface area contributed by atoms with Crippen molar-refractivity contribution in [3.63, 3.8) is 0 Å². The van der Waals surface area contributed by atoms with Crippen LogP contribution in [0.2, 0.25) is 0 Å². The Balaban J connectivity index is 1.56. The molecule has 0 saturated heterocycles. The molecule has 1 amide bonds. The van der Waals surface area contributed by atoms with Crippen LogP contribution in [0.4, 0.5) is 18.2 Å². The second-order valence-corrected chi connectivity index (χ2v) is 8.60. The first-order valence-corrected chi connectivity index (χ1v) is 10.1. The Morgan fingerprint density at radius 3 is 2.86 bits per heavy atom. The summed E-state index contributed by atoms with van der Waals surface area (Å²) in [5.41, 5.74) is 1.30. The molecule has 0 spiro atoms. The summed E-state index contributed by atoms with van der Waals surface area (Å²) in [6.07, 6.45) is -0.370. The number of halogens is 3. The molecule has 0 bridgehead atoms. The molecule has 9 heteroatoms. The van der Waals surface area contributed by atoms with Crippen molar-refractivity contribution < 1.29 is 18.0 Å². The minimum absolute atomic E-state index is 0.207. The van der Waals surface area contributed by atoms with Crippen molar-refractivity contribution in [2.24, 2.45) is 5.92 Å². The quantitative estimate of drug-likeness (QED) is 0.832. The molecule has 1 N–H and O–H groups in total. The van der Waals surface area contributed by atoms with E-state index in [9.17, 15) is 23.2 Å². The van der Waals surface area contributed by atoms with E-state index in [4.69, 9.17) is 0 Å². The van der Waals surface area contributed by atoms with Crippen LogP contribution in [0.15, 0.2) is 0 Å². The smallest absolute Gasteiger partial charge is 0.315 e. The zero-order chi connectivity index (χ0) is 20.1. The number of thiophene rings is 1. The van der Waals surface area contributed by atoms with Gasteiger partial charge in [0.2, 0.25) is 5.91 Å². The molecule has 0 aliphatic heterocycles. The molecular formula is C19H19F3N4OS. The summed E-state index contributed by atoms with van der Waals surface area (Å²) in [7, 11) is 0. The lowest BCUT2D eigenvalue weighted by molar-refractivity contribution is -0.142. The Kier molecular flexibility index (Phi) is 4.70. The molecule has 2 aliphatic rings. The summed E-state index contributed by atoms with van der Waals surface area (Å²) in [4.78, 5) is 13.6. The largest absolute Gasteiger partial charge is 0.435 e. The Morgan fingerprint density at radius 2 is 2.14 bits per heavy atom. The van der Waals surface area contributed by atoms with E-state index < -0.39 is 17.8 Å². The van der Waals surface area contributed by atoms with Crippen LogP contribution in [0.1, 0.15) is 52.7 Å². The highest BCUT2D eigenvalue weighted by molar-refractivity contribution is 7.16. The van der Waals surface area contributed by atoms with Gasteiger partial charge in [-0.15, -0.1) is 11.3 Å². The maximum Gasteiger partial charge on any atom is 0.435 e. The summed E-state index contributed by atoms with van der Waals surface area (Å²) in [5, 5.41) is 16.4. The normalized spacial score (nSPS) is 18.5. The van der Waals surface area contributed by atoms with E-state index in [1.807, 2.05) is 0 Å². The summed E-state index contributed by atoms with van der Waals surface area (Å²) < 4.78 is 40.7. The van der Waals surface area contributed by atoms with Crippen LogP contribution >= 0.6 is 11.3 Å². The standard InChI is InChI=1S/C19H19F3N4OS/c1-10-5-6-11-13(8-23)18(28-15(11)7-10)24-16(27)9-26-14-4-2-3-12(14)17(25-26)19(20,21)22/h10H,2-7,9H2,1H3,(H,24,27)/t10-/m1/s1. The number of carbonyl (C=O) groups excluding carboxylic acids is 1. The lowest BCUT2D eigenvalue weighted by atomic mass is 9.89. The number of nitriles is 1. The molecule has 28 heavy (non-hydrogen) atoms. The summed E-state index contributed by atoms with van der Waals surface area (Å²) in [5.74, 6) is 0.0720. The monoisotopic (exact) mass is 408 g/mol. The molecule has 4 rings (SSSR count). The molecule has 1 atom stereocenters. The van der Waals surface area contributed by atoms with Crippen LogP contribution in [0.3, 0.4) is 0 Å². The van der Waals surface area contributed by atoms with Crippen molar-refractivity contribution >= 4 is 22.2 Å². The number of carbonyl (C=O) groups is 1. The second kappa shape index (κ2) is 6.92. The van der Waals surface area contributed by atoms with Crippen LogP contribution in [-0.2, 0) is 43.2 Å². The van der Waals surface area contributed by atoms with Crippen LogP contribution in [0.25, 0.3) is 0 Å². The van der Waals surface area contributed by atoms with Crippen LogP contribution < -0.4 is 5.32 Å². The predicted octanol–water partition coefficient (Wildman–Crippen LogP) is 4.09. The van der Waals surface area contributed by atoms with Gasteiger partial charge >= 0.3 is 6.18 Å². The minimum Gasteiger partial charge on any atom is -0.315 e. The van der Waals surface area contributed by atoms with E-state index in [1.54, 1.807) is 0 Å². The van der Waals surface area contributed by atoms with E-state index in [2.05, 4.69) is 23.4 Å². The van der Waals surface area contributed by atoms with Crippen molar-refractivity contribution in [3.8, 4) is 6.07 Å². The van der Waals surface area contributed by atoms with Crippen molar-refractivity contribution in [1.29, 1.82) is 5.26 Å². The van der Waals surface area contributed by atoms with Crippen molar-refractivity contribution in [3.05, 3.63) is 33.0 Å². The number of nitrogens with one attached hydrogen (secondary N) is 1. The highest BCUT2D eigenvalue weighted by atomic mass is 32.1. The zero-order valence-electron chi connectivity index (χ0n) is 15.3. The number of anilines is 1. The Bertz CT molecular complexity index is 983. The molecular weight excluding hydrogens is 389 g/mol. The van der Waals surface area contributed by atoms with E-state index in [-0.39, 0.29) is 12.1 Å². The number of amides is 1. The third-order valence-electron chi connectivity index (χ3n) is 5.45.